The van der Waals surface area contributed by atoms with Crippen molar-refractivity contribution in [3.8, 4) is 0 Å². The second kappa shape index (κ2) is 5.21. The maximum Gasteiger partial charge on any atom is 0.195 e. The average molecular weight is 270 g/mol. The normalized spacial score (nSPS) is 14.5. The van der Waals surface area contributed by atoms with Crippen LogP contribution in [0.5, 0.6) is 0 Å². The van der Waals surface area contributed by atoms with E-state index in [0.717, 1.165) is 17.2 Å². The van der Waals surface area contributed by atoms with Gasteiger partial charge < -0.3 is 5.32 Å². The molecule has 92 valence electrons. The molecular weight excluding hydrogens is 254 g/mol. The minimum Gasteiger partial charge on any atom is -0.311 e. The Balaban J connectivity index is 2.36. The number of halogens is 1. The number of hydrogen-bond donors (Lipinski definition) is 1. The zero-order valence-electron chi connectivity index (χ0n) is 10.2. The first-order chi connectivity index (χ1) is 8.13. The average Bonchev–Trinajstić information content (AvgIpc) is 2.82. The number of thiazole rings is 1. The van der Waals surface area contributed by atoms with Crippen LogP contribution in [0.25, 0.3) is 11.0 Å². The minimum atomic E-state index is 0.347. The van der Waals surface area contributed by atoms with Gasteiger partial charge in [0.15, 0.2) is 10.1 Å². The van der Waals surface area contributed by atoms with Gasteiger partial charge in [0.25, 0.3) is 0 Å². The minimum absolute atomic E-state index is 0.347. The van der Waals surface area contributed by atoms with E-state index in [-0.39, 0.29) is 0 Å². The van der Waals surface area contributed by atoms with Gasteiger partial charge in [0.1, 0.15) is 0 Å². The topological polar surface area (TPSA) is 29.3 Å². The van der Waals surface area contributed by atoms with Crippen LogP contribution in [0.3, 0.4) is 0 Å². The molecule has 0 radical (unpaired) electrons. The molecular formula is C12H16ClN3S. The highest BCUT2D eigenvalue weighted by Crippen LogP contribution is 2.23. The van der Waals surface area contributed by atoms with Crippen molar-refractivity contribution in [1.29, 1.82) is 0 Å². The Morgan fingerprint density at radius 2 is 2.47 bits per heavy atom. The molecule has 2 heterocycles. The van der Waals surface area contributed by atoms with E-state index in [2.05, 4.69) is 37.1 Å². The molecule has 0 fully saturated rings. The third-order valence-electron chi connectivity index (χ3n) is 2.81. The first-order valence-corrected chi connectivity index (χ1v) is 6.92. The molecule has 3 nitrogen and oxygen atoms in total. The van der Waals surface area contributed by atoms with Crippen LogP contribution in [0.4, 0.5) is 0 Å². The molecule has 0 aliphatic heterocycles. The fourth-order valence-electron chi connectivity index (χ4n) is 1.71. The van der Waals surface area contributed by atoms with Gasteiger partial charge >= 0.3 is 0 Å². The Labute approximate surface area is 110 Å². The number of rotatable bonds is 4. The van der Waals surface area contributed by atoms with Gasteiger partial charge in [-0.2, -0.15) is 0 Å². The summed E-state index contributed by atoms with van der Waals surface area (Å²) in [5.41, 5.74) is 2.21. The number of imidazole rings is 1. The molecule has 1 atom stereocenters. The molecule has 2 rings (SSSR count). The van der Waals surface area contributed by atoms with Crippen LogP contribution >= 0.6 is 22.9 Å². The van der Waals surface area contributed by atoms with E-state index < -0.39 is 0 Å². The molecule has 1 unspecified atom stereocenters. The van der Waals surface area contributed by atoms with Gasteiger partial charge in [-0.15, -0.1) is 11.3 Å². The molecule has 2 aromatic rings. The van der Waals surface area contributed by atoms with E-state index in [1.165, 1.54) is 5.57 Å². The van der Waals surface area contributed by atoms with Gasteiger partial charge in [0, 0.05) is 17.6 Å². The summed E-state index contributed by atoms with van der Waals surface area (Å²) in [5.74, 6) is 0. The van der Waals surface area contributed by atoms with Crippen LogP contribution in [0.1, 0.15) is 26.5 Å². The summed E-state index contributed by atoms with van der Waals surface area (Å²) in [6.07, 6.45) is 4.10. The largest absolute Gasteiger partial charge is 0.311 e. The molecule has 0 aliphatic rings. The smallest absolute Gasteiger partial charge is 0.195 e. The Kier molecular flexibility index (Phi) is 3.86. The lowest BCUT2D eigenvalue weighted by molar-refractivity contribution is 0.636. The van der Waals surface area contributed by atoms with Gasteiger partial charge in [0.05, 0.1) is 5.69 Å². The number of hydrogen-bond acceptors (Lipinski definition) is 3. The van der Waals surface area contributed by atoms with E-state index in [9.17, 15) is 0 Å². The summed E-state index contributed by atoms with van der Waals surface area (Å²) in [6.45, 7) is 7.32. The molecule has 5 heteroatoms. The first kappa shape index (κ1) is 12.6. The lowest BCUT2D eigenvalue weighted by Crippen LogP contribution is -2.26. The van der Waals surface area contributed by atoms with E-state index >= 15 is 0 Å². The van der Waals surface area contributed by atoms with Crippen LogP contribution in [-0.2, 0) is 0 Å². The lowest BCUT2D eigenvalue weighted by Gasteiger charge is -2.12. The van der Waals surface area contributed by atoms with Crippen molar-refractivity contribution in [3.63, 3.8) is 0 Å². The molecule has 0 saturated carbocycles. The second-order valence-electron chi connectivity index (χ2n) is 4.01. The molecule has 0 aliphatic carbocycles. The number of nitrogens with zero attached hydrogens (tertiary/aromatic N) is 2. The SMILES string of the molecule is CCNC(C)/C(C)=C/c1c(Cl)nc2sccn12. The Morgan fingerprint density at radius 3 is 3.18 bits per heavy atom. The van der Waals surface area contributed by atoms with Crippen molar-refractivity contribution in [2.75, 3.05) is 6.54 Å². The highest BCUT2D eigenvalue weighted by Gasteiger charge is 2.10. The zero-order chi connectivity index (χ0) is 12.4. The fraction of sp³-hybridized carbons (Fsp3) is 0.417. The van der Waals surface area contributed by atoms with Crippen molar-refractivity contribution >= 4 is 34.0 Å². The molecule has 1 N–H and O–H groups in total. The zero-order valence-corrected chi connectivity index (χ0v) is 11.8. The van der Waals surface area contributed by atoms with E-state index in [4.69, 9.17) is 11.6 Å². The predicted molar refractivity (Wildman–Crippen MR) is 74.9 cm³/mol. The summed E-state index contributed by atoms with van der Waals surface area (Å²) >= 11 is 7.74. The summed E-state index contributed by atoms with van der Waals surface area (Å²) in [7, 11) is 0. The number of fused-ring (bicyclic) bond motifs is 1. The summed E-state index contributed by atoms with van der Waals surface area (Å²) < 4.78 is 2.02. The summed E-state index contributed by atoms with van der Waals surface area (Å²) in [4.78, 5) is 5.25. The second-order valence-corrected chi connectivity index (χ2v) is 5.24. The number of aromatic nitrogens is 2. The van der Waals surface area contributed by atoms with Crippen molar-refractivity contribution < 1.29 is 0 Å². The van der Waals surface area contributed by atoms with Gasteiger partial charge in [-0.1, -0.05) is 24.1 Å². The highest BCUT2D eigenvalue weighted by molar-refractivity contribution is 7.15. The molecule has 0 saturated heterocycles. The first-order valence-electron chi connectivity index (χ1n) is 5.66. The van der Waals surface area contributed by atoms with E-state index in [1.54, 1.807) is 11.3 Å². The Hall–Kier alpha value is -0.840. The van der Waals surface area contributed by atoms with E-state index in [1.807, 2.05) is 16.0 Å². The Bertz CT molecular complexity index is 541. The monoisotopic (exact) mass is 269 g/mol. The highest BCUT2D eigenvalue weighted by atomic mass is 35.5. The van der Waals surface area contributed by atoms with Crippen LogP contribution in [-0.4, -0.2) is 22.0 Å². The molecule has 0 bridgehead atoms. The van der Waals surface area contributed by atoms with Crippen LogP contribution in [0, 0.1) is 0 Å². The third-order valence-corrected chi connectivity index (χ3v) is 3.85. The van der Waals surface area contributed by atoms with Gasteiger partial charge in [-0.25, -0.2) is 4.98 Å². The lowest BCUT2D eigenvalue weighted by atomic mass is 10.1. The maximum absolute atomic E-state index is 6.14. The van der Waals surface area contributed by atoms with Crippen molar-refractivity contribution in [3.05, 3.63) is 28.0 Å². The molecule has 0 spiro atoms. The van der Waals surface area contributed by atoms with Crippen molar-refractivity contribution in [2.24, 2.45) is 0 Å². The molecule has 0 amide bonds. The fourth-order valence-corrected chi connectivity index (χ4v) is 2.71. The standard InChI is InChI=1S/C12H16ClN3S/c1-4-14-9(3)8(2)7-10-11(13)15-12-16(10)5-6-17-12/h5-7,9,14H,4H2,1-3H3/b8-7+. The quantitative estimate of drug-likeness (QED) is 0.921. The maximum atomic E-state index is 6.14. The van der Waals surface area contributed by atoms with Crippen molar-refractivity contribution in [2.45, 2.75) is 26.8 Å². The van der Waals surface area contributed by atoms with Gasteiger partial charge in [-0.05, 0) is 26.5 Å². The molecule has 0 aromatic carbocycles. The third kappa shape index (κ3) is 2.54. The van der Waals surface area contributed by atoms with Crippen molar-refractivity contribution in [1.82, 2.24) is 14.7 Å². The van der Waals surface area contributed by atoms with Gasteiger partial charge in [0.2, 0.25) is 0 Å². The molecule has 2 aromatic heterocycles. The number of likely N-dealkylation sites (N-methyl/N-ethyl adjacent to an activating group) is 1. The van der Waals surface area contributed by atoms with Crippen LogP contribution < -0.4 is 5.32 Å². The van der Waals surface area contributed by atoms with Gasteiger partial charge in [-0.3, -0.25) is 4.40 Å². The van der Waals surface area contributed by atoms with Crippen LogP contribution in [0.2, 0.25) is 5.15 Å². The Morgan fingerprint density at radius 1 is 1.71 bits per heavy atom. The summed E-state index contributed by atoms with van der Waals surface area (Å²) in [5, 5.41) is 5.96. The predicted octanol–water partition coefficient (Wildman–Crippen LogP) is 3.45. The van der Waals surface area contributed by atoms with Crippen LogP contribution in [0.15, 0.2) is 17.2 Å². The number of nitrogens with one attached hydrogen (secondary N) is 1. The van der Waals surface area contributed by atoms with E-state index in [0.29, 0.717) is 11.2 Å². The summed E-state index contributed by atoms with van der Waals surface area (Å²) in [6, 6.07) is 0.347. The molecule has 17 heavy (non-hydrogen) atoms.